The Balaban J connectivity index is 0.00000155. The lowest BCUT2D eigenvalue weighted by molar-refractivity contribution is 0.256. The van der Waals surface area contributed by atoms with E-state index in [0.29, 0.717) is 12.3 Å². The normalized spacial score (nSPS) is 14.6. The molecule has 2 heterocycles. The number of benzene rings is 1. The molecule has 0 amide bonds. The minimum atomic E-state index is 0.0235. The van der Waals surface area contributed by atoms with E-state index in [0.717, 1.165) is 34.8 Å². The summed E-state index contributed by atoms with van der Waals surface area (Å²) >= 11 is 0. The molecule has 0 saturated heterocycles. The number of allylic oxidation sites excluding steroid dienone is 6. The standard InChI is InChI=1S/C23H19N3O2.C2H6/c1-17(18-8-10-20(27-2)11-9-18)23(14-21-6-5-13-28-21)26-12-4-3-7-22(26)19(15-24)16-25;1-2/h3-4,6-12,14H,1,5,13H2,2H3;1-2H3/b23-14+;. The van der Waals surface area contributed by atoms with Crippen molar-refractivity contribution >= 4 is 5.57 Å². The summed E-state index contributed by atoms with van der Waals surface area (Å²) in [6.45, 7) is 8.90. The fraction of sp³-hybridized carbons (Fsp3) is 0.200. The number of methoxy groups -OCH3 is 1. The molecule has 0 bridgehead atoms. The van der Waals surface area contributed by atoms with Gasteiger partial charge in [0.05, 0.1) is 25.1 Å². The molecule has 0 saturated carbocycles. The van der Waals surface area contributed by atoms with E-state index in [-0.39, 0.29) is 5.57 Å². The van der Waals surface area contributed by atoms with Gasteiger partial charge in [-0.3, -0.25) is 0 Å². The van der Waals surface area contributed by atoms with Crippen LogP contribution in [0.3, 0.4) is 0 Å². The van der Waals surface area contributed by atoms with E-state index in [1.807, 2.05) is 68.5 Å². The smallest absolute Gasteiger partial charge is 0.153 e. The zero-order valence-corrected chi connectivity index (χ0v) is 17.6. The summed E-state index contributed by atoms with van der Waals surface area (Å²) in [5.74, 6) is 1.49. The van der Waals surface area contributed by atoms with Crippen molar-refractivity contribution in [3.8, 4) is 17.9 Å². The molecule has 3 rings (SSSR count). The second-order valence-corrected chi connectivity index (χ2v) is 6.03. The first-order valence-electron chi connectivity index (χ1n) is 9.75. The Labute approximate surface area is 178 Å². The summed E-state index contributed by atoms with van der Waals surface area (Å²) in [5.41, 5.74) is 2.86. The van der Waals surface area contributed by atoms with E-state index in [1.54, 1.807) is 30.4 Å². The lowest BCUT2D eigenvalue weighted by Gasteiger charge is -2.28. The highest BCUT2D eigenvalue weighted by Crippen LogP contribution is 2.33. The molecule has 0 aliphatic carbocycles. The van der Waals surface area contributed by atoms with E-state index in [9.17, 15) is 10.5 Å². The minimum absolute atomic E-state index is 0.0235. The zero-order chi connectivity index (χ0) is 21.9. The molecule has 2 aliphatic rings. The van der Waals surface area contributed by atoms with E-state index < -0.39 is 0 Å². The Hall–Kier alpha value is -3.96. The number of rotatable bonds is 5. The molecule has 0 fully saturated rings. The largest absolute Gasteiger partial charge is 0.497 e. The van der Waals surface area contributed by atoms with Crippen molar-refractivity contribution in [1.82, 2.24) is 4.90 Å². The van der Waals surface area contributed by atoms with Crippen molar-refractivity contribution in [3.63, 3.8) is 0 Å². The van der Waals surface area contributed by atoms with Gasteiger partial charge in [-0.1, -0.05) is 38.6 Å². The van der Waals surface area contributed by atoms with Gasteiger partial charge in [-0.25, -0.2) is 0 Å². The third-order valence-corrected chi connectivity index (χ3v) is 4.36. The maximum absolute atomic E-state index is 9.37. The quantitative estimate of drug-likeness (QED) is 0.475. The molecule has 0 spiro atoms. The maximum Gasteiger partial charge on any atom is 0.153 e. The summed E-state index contributed by atoms with van der Waals surface area (Å²) in [5, 5.41) is 18.7. The molecule has 1 aromatic rings. The molecule has 0 radical (unpaired) electrons. The Bertz CT molecular complexity index is 994. The van der Waals surface area contributed by atoms with Crippen LogP contribution in [0.15, 0.2) is 90.2 Å². The van der Waals surface area contributed by atoms with Gasteiger partial charge in [-0.15, -0.1) is 0 Å². The van der Waals surface area contributed by atoms with Crippen LogP contribution in [0.25, 0.3) is 5.57 Å². The third kappa shape index (κ3) is 5.10. The van der Waals surface area contributed by atoms with Crippen LogP contribution in [0.1, 0.15) is 25.8 Å². The average Bonchev–Trinajstić information content (AvgIpc) is 3.33. The van der Waals surface area contributed by atoms with Crippen LogP contribution in [-0.2, 0) is 4.74 Å². The highest BCUT2D eigenvalue weighted by atomic mass is 16.5. The monoisotopic (exact) mass is 399 g/mol. The van der Waals surface area contributed by atoms with Crippen LogP contribution in [0.2, 0.25) is 0 Å². The highest BCUT2D eigenvalue weighted by molar-refractivity contribution is 5.79. The van der Waals surface area contributed by atoms with Crippen molar-refractivity contribution < 1.29 is 9.47 Å². The predicted molar refractivity (Wildman–Crippen MR) is 118 cm³/mol. The lowest BCUT2D eigenvalue weighted by Crippen LogP contribution is -2.19. The van der Waals surface area contributed by atoms with Gasteiger partial charge in [0.2, 0.25) is 0 Å². The molecule has 0 atom stereocenters. The molecular weight excluding hydrogens is 374 g/mol. The van der Waals surface area contributed by atoms with Crippen molar-refractivity contribution in [1.29, 1.82) is 10.5 Å². The average molecular weight is 399 g/mol. The van der Waals surface area contributed by atoms with Gasteiger partial charge in [0.25, 0.3) is 0 Å². The van der Waals surface area contributed by atoms with Crippen molar-refractivity contribution in [3.05, 3.63) is 95.7 Å². The van der Waals surface area contributed by atoms with Crippen LogP contribution in [0.4, 0.5) is 0 Å². The molecule has 2 aliphatic heterocycles. The molecule has 1 aromatic carbocycles. The third-order valence-electron chi connectivity index (χ3n) is 4.36. The van der Waals surface area contributed by atoms with Gasteiger partial charge in [-0.2, -0.15) is 10.5 Å². The van der Waals surface area contributed by atoms with E-state index in [4.69, 9.17) is 9.47 Å². The van der Waals surface area contributed by atoms with Gasteiger partial charge in [-0.05, 0) is 41.5 Å². The first kappa shape index (κ1) is 22.3. The predicted octanol–water partition coefficient (Wildman–Crippen LogP) is 5.61. The second kappa shape index (κ2) is 11.1. The lowest BCUT2D eigenvalue weighted by atomic mass is 10.0. The molecule has 30 heavy (non-hydrogen) atoms. The van der Waals surface area contributed by atoms with Gasteiger partial charge in [0, 0.05) is 18.7 Å². The Morgan fingerprint density at radius 2 is 1.87 bits per heavy atom. The fourth-order valence-corrected chi connectivity index (χ4v) is 2.91. The van der Waals surface area contributed by atoms with Crippen LogP contribution < -0.4 is 4.74 Å². The summed E-state index contributed by atoms with van der Waals surface area (Å²) < 4.78 is 10.9. The number of hydrogen-bond acceptors (Lipinski definition) is 5. The molecule has 0 unspecified atom stereocenters. The fourth-order valence-electron chi connectivity index (χ4n) is 2.91. The van der Waals surface area contributed by atoms with E-state index in [1.165, 1.54) is 0 Å². The van der Waals surface area contributed by atoms with Crippen LogP contribution in [-0.4, -0.2) is 18.6 Å². The van der Waals surface area contributed by atoms with Crippen LogP contribution in [0.5, 0.6) is 5.75 Å². The van der Waals surface area contributed by atoms with Crippen LogP contribution >= 0.6 is 0 Å². The number of hydrogen-bond donors (Lipinski definition) is 0. The van der Waals surface area contributed by atoms with Gasteiger partial charge >= 0.3 is 0 Å². The van der Waals surface area contributed by atoms with Gasteiger partial charge in [0.15, 0.2) is 5.57 Å². The van der Waals surface area contributed by atoms with E-state index in [2.05, 4.69) is 6.58 Å². The maximum atomic E-state index is 9.37. The molecule has 152 valence electrons. The summed E-state index contributed by atoms with van der Waals surface area (Å²) in [7, 11) is 1.62. The Morgan fingerprint density at radius 3 is 2.43 bits per heavy atom. The van der Waals surface area contributed by atoms with Crippen molar-refractivity contribution in [2.75, 3.05) is 13.7 Å². The SMILES string of the molecule is C=C(/C(=C\C1=CCCO1)N1C=CC=CC1=C(C#N)C#N)c1ccc(OC)cc1.CC. The van der Waals surface area contributed by atoms with E-state index >= 15 is 0 Å². The summed E-state index contributed by atoms with van der Waals surface area (Å²) in [4.78, 5) is 1.79. The minimum Gasteiger partial charge on any atom is -0.497 e. The summed E-state index contributed by atoms with van der Waals surface area (Å²) in [6, 6.07) is 11.5. The Morgan fingerprint density at radius 1 is 1.17 bits per heavy atom. The van der Waals surface area contributed by atoms with Crippen molar-refractivity contribution in [2.45, 2.75) is 20.3 Å². The number of ether oxygens (including phenoxy) is 2. The first-order valence-corrected chi connectivity index (χ1v) is 9.75. The Kier molecular flexibility index (Phi) is 8.29. The second-order valence-electron chi connectivity index (χ2n) is 6.03. The topological polar surface area (TPSA) is 69.3 Å². The molecule has 5 nitrogen and oxygen atoms in total. The first-order chi connectivity index (χ1) is 14.7. The molecule has 0 aromatic heterocycles. The van der Waals surface area contributed by atoms with Gasteiger partial charge in [0.1, 0.15) is 23.6 Å². The number of nitrogens with zero attached hydrogens (tertiary/aromatic N) is 3. The van der Waals surface area contributed by atoms with Crippen molar-refractivity contribution in [2.24, 2.45) is 0 Å². The zero-order valence-electron chi connectivity index (χ0n) is 17.6. The summed E-state index contributed by atoms with van der Waals surface area (Å²) in [6.07, 6.45) is 11.9. The van der Waals surface area contributed by atoms with Gasteiger partial charge < -0.3 is 14.4 Å². The highest BCUT2D eigenvalue weighted by Gasteiger charge is 2.21. The molecule has 0 N–H and O–H groups in total. The molecular formula is C25H25N3O2. The van der Waals surface area contributed by atoms with Crippen LogP contribution in [0, 0.1) is 22.7 Å². The molecule has 5 heteroatoms. The number of nitriles is 2.